The molecule has 39 heavy (non-hydrogen) atoms. The molecule has 0 saturated carbocycles. The van der Waals surface area contributed by atoms with Crippen molar-refractivity contribution in [3.05, 3.63) is 23.8 Å². The second kappa shape index (κ2) is 12.7. The van der Waals surface area contributed by atoms with Crippen LogP contribution in [0.5, 0.6) is 17.2 Å². The van der Waals surface area contributed by atoms with Crippen molar-refractivity contribution < 1.29 is 75.4 Å². The number of benzene rings is 1. The van der Waals surface area contributed by atoms with Gasteiger partial charge in [0, 0.05) is 6.08 Å². The van der Waals surface area contributed by atoms with Crippen LogP contribution in [0.4, 0.5) is 0 Å². The van der Waals surface area contributed by atoms with Crippen molar-refractivity contribution in [3.63, 3.8) is 0 Å². The number of methoxy groups -OCH3 is 3. The number of aliphatic hydroxyl groups is 8. The second-order valence-electron chi connectivity index (χ2n) is 8.86. The first-order valence-corrected chi connectivity index (χ1v) is 11.8. The molecule has 0 spiro atoms. The van der Waals surface area contributed by atoms with Gasteiger partial charge in [-0.2, -0.15) is 0 Å². The van der Waals surface area contributed by atoms with Gasteiger partial charge in [0.2, 0.25) is 5.75 Å². The highest BCUT2D eigenvalue weighted by molar-refractivity contribution is 5.87. The minimum atomic E-state index is -2.93. The minimum absolute atomic E-state index is 0.0853. The van der Waals surface area contributed by atoms with Crippen LogP contribution < -0.4 is 14.2 Å². The molecule has 0 bridgehead atoms. The summed E-state index contributed by atoms with van der Waals surface area (Å²) in [5, 5.41) is 82.1. The first-order chi connectivity index (χ1) is 18.9. The molecule has 2 fully saturated rings. The summed E-state index contributed by atoms with van der Waals surface area (Å²) < 4.78 is 40.4. The van der Waals surface area contributed by atoms with E-state index in [1.165, 1.54) is 33.5 Å². The Kier molecular flexibility index (Phi) is 9.60. The monoisotopic (exact) mass is 563 g/mol. The van der Waals surface area contributed by atoms with Crippen molar-refractivity contribution in [1.29, 1.82) is 0 Å². The highest BCUT2D eigenvalue weighted by Crippen LogP contribution is 2.41. The third-order valence-corrected chi connectivity index (χ3v) is 6.55. The smallest absolute Gasteiger partial charge is 0.333 e. The van der Waals surface area contributed by atoms with Crippen LogP contribution in [0.1, 0.15) is 6.93 Å². The fraction of sp³-hybridized carbons (Fsp3) is 0.625. The van der Waals surface area contributed by atoms with Crippen molar-refractivity contribution in [1.82, 2.24) is 0 Å². The van der Waals surface area contributed by atoms with Gasteiger partial charge >= 0.3 is 5.97 Å². The number of rotatable bonds is 9. The number of carbonyl (C=O) groups is 1. The molecule has 15 nitrogen and oxygen atoms in total. The van der Waals surface area contributed by atoms with Crippen LogP contribution in [-0.4, -0.2) is 142 Å². The normalized spacial score (nSPS) is 37.6. The number of ether oxygens (including phenoxy) is 6. The number of hydrogen-bond acceptors (Lipinski definition) is 15. The highest BCUT2D eigenvalue weighted by Gasteiger charge is 2.65. The topological polar surface area (TPSA) is 234 Å². The van der Waals surface area contributed by atoms with Gasteiger partial charge in [-0.25, -0.2) is 4.79 Å². The minimum Gasteiger partial charge on any atom is -0.493 e. The van der Waals surface area contributed by atoms with Crippen molar-refractivity contribution in [2.75, 3.05) is 34.5 Å². The number of hydrogen-bond donors (Lipinski definition) is 8. The average molecular weight is 564 g/mol. The molecule has 2 aliphatic heterocycles. The Hall–Kier alpha value is -2.57. The molecule has 0 aliphatic carbocycles. The molecule has 8 N–H and O–H groups in total. The Bertz CT molecular complexity index is 1040. The standard InChI is InChI=1S/C24H34O15/c1-34-11-6-10(7-12(35-2)21(11)36-3)4-5-15(27)39-24(22(33)19(31)17(29)14(9-26)38-24)23-20(32)18(30)16(28)13(8-25)37-23/h4-7,13-14,16-20,22-23,25-26,28-33H,8-9H2,1-3H3/t13-,14-,16-,17-,18+,19+,20-,22-,23?,24-/m1/s1/i4D. The molecule has 2 saturated heterocycles. The van der Waals surface area contributed by atoms with Crippen LogP contribution in [0.3, 0.4) is 0 Å². The van der Waals surface area contributed by atoms with E-state index >= 15 is 0 Å². The zero-order chi connectivity index (χ0) is 29.9. The number of carbonyl (C=O) groups excluding carboxylic acids is 1. The zero-order valence-corrected chi connectivity index (χ0v) is 21.3. The molecule has 1 unspecified atom stereocenters. The van der Waals surface area contributed by atoms with Gasteiger partial charge in [0.05, 0.1) is 35.9 Å². The average Bonchev–Trinajstić information content (AvgIpc) is 2.95. The summed E-state index contributed by atoms with van der Waals surface area (Å²) in [6.07, 6.45) is -17.1. The van der Waals surface area contributed by atoms with E-state index in [9.17, 15) is 45.6 Å². The summed E-state index contributed by atoms with van der Waals surface area (Å²) >= 11 is 0. The summed E-state index contributed by atoms with van der Waals surface area (Å²) in [7, 11) is 4.05. The molecule has 15 heteroatoms. The van der Waals surface area contributed by atoms with Crippen molar-refractivity contribution >= 4 is 12.0 Å². The zero-order valence-electron chi connectivity index (χ0n) is 22.3. The fourth-order valence-corrected chi connectivity index (χ4v) is 4.47. The maximum Gasteiger partial charge on any atom is 0.333 e. The highest BCUT2D eigenvalue weighted by atomic mass is 16.8. The van der Waals surface area contributed by atoms with E-state index in [0.717, 1.165) is 0 Å². The third-order valence-electron chi connectivity index (χ3n) is 6.55. The SMILES string of the molecule is [2H]C(=CC(=O)O[C@]1(C2O[C@H](CO)[C@@H](O)[C@H](O)[C@H]2O)O[C@H](CO)[C@@H](O)[C@H](O)[C@H]1O)c1cc(OC)c(OC)c(OC)c1. The Balaban J connectivity index is 2.06. The van der Waals surface area contributed by atoms with Crippen LogP contribution in [0, 0.1) is 0 Å². The summed E-state index contributed by atoms with van der Waals surface area (Å²) in [5.74, 6) is -3.78. The van der Waals surface area contributed by atoms with Gasteiger partial charge in [-0.05, 0) is 23.7 Å². The molecule has 0 aromatic heterocycles. The van der Waals surface area contributed by atoms with Crippen LogP contribution in [0.25, 0.3) is 6.05 Å². The molecule has 0 amide bonds. The van der Waals surface area contributed by atoms with E-state index in [-0.39, 0.29) is 22.8 Å². The maximum absolute atomic E-state index is 13.1. The van der Waals surface area contributed by atoms with Crippen molar-refractivity contribution in [3.8, 4) is 17.2 Å². The molecule has 2 heterocycles. The molecule has 0 radical (unpaired) electrons. The fourth-order valence-electron chi connectivity index (χ4n) is 4.47. The van der Waals surface area contributed by atoms with Crippen molar-refractivity contribution in [2.45, 2.75) is 60.7 Å². The largest absolute Gasteiger partial charge is 0.493 e. The van der Waals surface area contributed by atoms with Crippen LogP contribution in [0.2, 0.25) is 0 Å². The summed E-state index contributed by atoms with van der Waals surface area (Å²) in [6.45, 7) is -1.86. The third kappa shape index (κ3) is 5.83. The van der Waals surface area contributed by atoms with E-state index in [4.69, 9.17) is 29.8 Å². The predicted molar refractivity (Wildman–Crippen MR) is 128 cm³/mol. The lowest BCUT2D eigenvalue weighted by atomic mass is 9.83. The molecule has 10 atom stereocenters. The number of esters is 1. The first kappa shape index (κ1) is 29.4. The predicted octanol–water partition coefficient (Wildman–Crippen LogP) is -3.72. The van der Waals surface area contributed by atoms with E-state index in [1.807, 2.05) is 0 Å². The van der Waals surface area contributed by atoms with Gasteiger partial charge in [0.25, 0.3) is 5.79 Å². The lowest BCUT2D eigenvalue weighted by Crippen LogP contribution is -2.76. The molecular formula is C24H34O15. The first-order valence-electron chi connectivity index (χ1n) is 12.3. The second-order valence-corrected chi connectivity index (χ2v) is 8.86. The lowest BCUT2D eigenvalue weighted by molar-refractivity contribution is -0.405. The summed E-state index contributed by atoms with van der Waals surface area (Å²) in [4.78, 5) is 13.1. The number of aliphatic hydroxyl groups excluding tert-OH is 8. The van der Waals surface area contributed by atoms with Crippen LogP contribution in [0.15, 0.2) is 18.2 Å². The molecule has 2 aliphatic rings. The van der Waals surface area contributed by atoms with Gasteiger partial charge in [-0.15, -0.1) is 0 Å². The van der Waals surface area contributed by atoms with E-state index < -0.39 is 86.0 Å². The Morgan fingerprint density at radius 2 is 1.46 bits per heavy atom. The van der Waals surface area contributed by atoms with Gasteiger partial charge in [0.15, 0.2) is 23.7 Å². The molecule has 1 aromatic rings. The van der Waals surface area contributed by atoms with Crippen LogP contribution >= 0.6 is 0 Å². The lowest BCUT2D eigenvalue weighted by Gasteiger charge is -2.53. The van der Waals surface area contributed by atoms with E-state index in [0.29, 0.717) is 6.08 Å². The Morgan fingerprint density at radius 3 is 1.97 bits per heavy atom. The molecule has 220 valence electrons. The molecule has 3 rings (SSSR count). The van der Waals surface area contributed by atoms with E-state index in [1.54, 1.807) is 0 Å². The molecule has 1 aromatic carbocycles. The summed E-state index contributed by atoms with van der Waals surface area (Å²) in [6, 6.07) is 2.24. The van der Waals surface area contributed by atoms with Gasteiger partial charge in [0.1, 0.15) is 42.7 Å². The molecular weight excluding hydrogens is 528 g/mol. The Morgan fingerprint density at radius 1 is 0.897 bits per heavy atom. The van der Waals surface area contributed by atoms with Crippen molar-refractivity contribution in [2.24, 2.45) is 0 Å². The Labute approximate surface area is 224 Å². The maximum atomic E-state index is 13.1. The van der Waals surface area contributed by atoms with Gasteiger partial charge < -0.3 is 69.3 Å². The van der Waals surface area contributed by atoms with E-state index in [2.05, 4.69) is 0 Å². The quantitative estimate of drug-likeness (QED) is 0.107. The van der Waals surface area contributed by atoms with Crippen LogP contribution in [-0.2, 0) is 19.0 Å². The summed E-state index contributed by atoms with van der Waals surface area (Å²) in [5.41, 5.74) is 0.0853. The van der Waals surface area contributed by atoms with Gasteiger partial charge in [-0.3, -0.25) is 0 Å². The van der Waals surface area contributed by atoms with Gasteiger partial charge in [-0.1, -0.05) is 0 Å².